The lowest BCUT2D eigenvalue weighted by atomic mass is 10.1. The quantitative estimate of drug-likeness (QED) is 0.526. The third-order valence-electron chi connectivity index (χ3n) is 4.31. The van der Waals surface area contributed by atoms with E-state index in [2.05, 4.69) is 27.4 Å². The van der Waals surface area contributed by atoms with Crippen LogP contribution in [-0.4, -0.2) is 62.3 Å². The number of nitrogens with one attached hydrogen (secondary N) is 2. The summed E-state index contributed by atoms with van der Waals surface area (Å²) < 4.78 is 23.4. The SMILES string of the molecule is CN/C=C(\C=N)n1cc(-c2ccc(N3CCN(S(=O)O)CC3)cc2)cn1. The zero-order valence-corrected chi connectivity index (χ0v) is 15.3. The van der Waals surface area contributed by atoms with Crippen LogP contribution in [0.15, 0.2) is 42.9 Å². The minimum Gasteiger partial charge on any atom is -0.392 e. The van der Waals surface area contributed by atoms with Gasteiger partial charge in [-0.1, -0.05) is 12.1 Å². The van der Waals surface area contributed by atoms with Gasteiger partial charge in [-0.25, -0.2) is 8.89 Å². The van der Waals surface area contributed by atoms with Gasteiger partial charge in [0.25, 0.3) is 0 Å². The number of rotatable bonds is 6. The van der Waals surface area contributed by atoms with E-state index in [1.54, 1.807) is 28.4 Å². The summed E-state index contributed by atoms with van der Waals surface area (Å²) in [6, 6.07) is 8.19. The van der Waals surface area contributed by atoms with Gasteiger partial charge in [0, 0.05) is 63.1 Å². The number of allylic oxidation sites excluding steroid dienone is 1. The molecule has 0 amide bonds. The van der Waals surface area contributed by atoms with Crippen LogP contribution in [0.25, 0.3) is 16.8 Å². The van der Waals surface area contributed by atoms with Crippen LogP contribution < -0.4 is 10.2 Å². The van der Waals surface area contributed by atoms with Crippen molar-refractivity contribution in [1.29, 1.82) is 5.41 Å². The smallest absolute Gasteiger partial charge is 0.234 e. The second kappa shape index (κ2) is 8.26. The van der Waals surface area contributed by atoms with E-state index < -0.39 is 11.3 Å². The number of nitrogens with zero attached hydrogens (tertiary/aromatic N) is 4. The lowest BCUT2D eigenvalue weighted by Crippen LogP contribution is -2.46. The van der Waals surface area contributed by atoms with E-state index >= 15 is 0 Å². The third kappa shape index (κ3) is 4.01. The number of anilines is 1. The van der Waals surface area contributed by atoms with Crippen LogP contribution in [0.4, 0.5) is 5.69 Å². The molecule has 2 heterocycles. The molecule has 1 aliphatic rings. The van der Waals surface area contributed by atoms with Crippen LogP contribution in [0.3, 0.4) is 0 Å². The first kappa shape index (κ1) is 18.3. The van der Waals surface area contributed by atoms with Crippen molar-refractivity contribution in [2.24, 2.45) is 0 Å². The summed E-state index contributed by atoms with van der Waals surface area (Å²) in [6.07, 6.45) is 6.62. The lowest BCUT2D eigenvalue weighted by molar-refractivity contribution is 0.373. The molecule has 0 saturated carbocycles. The summed E-state index contributed by atoms with van der Waals surface area (Å²) in [4.78, 5) is 2.21. The molecule has 138 valence electrons. The maximum absolute atomic E-state index is 11.1. The average molecular weight is 374 g/mol. The van der Waals surface area contributed by atoms with Crippen LogP contribution in [0.2, 0.25) is 0 Å². The fourth-order valence-electron chi connectivity index (χ4n) is 2.90. The Bertz CT molecular complexity index is 809. The highest BCUT2D eigenvalue weighted by atomic mass is 32.2. The van der Waals surface area contributed by atoms with Gasteiger partial charge < -0.3 is 15.6 Å². The second-order valence-electron chi connectivity index (χ2n) is 5.87. The zero-order chi connectivity index (χ0) is 18.5. The summed E-state index contributed by atoms with van der Waals surface area (Å²) in [7, 11) is 1.78. The predicted octanol–water partition coefficient (Wildman–Crippen LogP) is 1.48. The molecule has 1 fully saturated rings. The van der Waals surface area contributed by atoms with E-state index in [1.807, 2.05) is 18.3 Å². The molecule has 0 aliphatic carbocycles. The molecule has 0 bridgehead atoms. The van der Waals surface area contributed by atoms with E-state index in [4.69, 9.17) is 9.96 Å². The molecule has 1 aromatic heterocycles. The monoisotopic (exact) mass is 374 g/mol. The zero-order valence-electron chi connectivity index (χ0n) is 14.5. The van der Waals surface area contributed by atoms with Gasteiger partial charge in [-0.15, -0.1) is 0 Å². The van der Waals surface area contributed by atoms with Crippen LogP contribution in [0.1, 0.15) is 0 Å². The Kier molecular flexibility index (Phi) is 5.82. The number of hydrogen-bond donors (Lipinski definition) is 3. The molecule has 3 N–H and O–H groups in total. The van der Waals surface area contributed by atoms with Gasteiger partial charge in [-0.2, -0.15) is 9.40 Å². The number of aromatic nitrogens is 2. The highest BCUT2D eigenvalue weighted by molar-refractivity contribution is 7.76. The molecule has 1 aromatic carbocycles. The normalized spacial score (nSPS) is 17.2. The van der Waals surface area contributed by atoms with Crippen LogP contribution in [0, 0.1) is 5.41 Å². The Morgan fingerprint density at radius 2 is 1.92 bits per heavy atom. The Hall–Kier alpha value is -2.49. The van der Waals surface area contributed by atoms with Gasteiger partial charge in [0.1, 0.15) is 0 Å². The Labute approximate surface area is 155 Å². The molecule has 1 aliphatic heterocycles. The topological polar surface area (TPSA) is 97.5 Å². The van der Waals surface area contributed by atoms with Crippen LogP contribution >= 0.6 is 0 Å². The van der Waals surface area contributed by atoms with Gasteiger partial charge in [-0.05, 0) is 17.7 Å². The van der Waals surface area contributed by atoms with Crippen molar-refractivity contribution in [1.82, 2.24) is 19.4 Å². The number of piperazine rings is 1. The molecule has 3 rings (SSSR count). The first-order valence-corrected chi connectivity index (χ1v) is 9.33. The van der Waals surface area contributed by atoms with Crippen LogP contribution in [-0.2, 0) is 11.3 Å². The Morgan fingerprint density at radius 3 is 2.50 bits per heavy atom. The van der Waals surface area contributed by atoms with Gasteiger partial charge in [-0.3, -0.25) is 4.55 Å². The lowest BCUT2D eigenvalue weighted by Gasteiger charge is -2.33. The molecular formula is C17H22N6O2S. The largest absolute Gasteiger partial charge is 0.392 e. The van der Waals surface area contributed by atoms with E-state index in [9.17, 15) is 4.21 Å². The minimum absolute atomic E-state index is 0.571. The first-order valence-electron chi connectivity index (χ1n) is 8.26. The average Bonchev–Trinajstić information content (AvgIpc) is 3.16. The number of hydrogen-bond acceptors (Lipinski definition) is 5. The molecule has 9 heteroatoms. The third-order valence-corrected chi connectivity index (χ3v) is 5.12. The molecule has 1 atom stereocenters. The predicted molar refractivity (Wildman–Crippen MR) is 104 cm³/mol. The molecule has 8 nitrogen and oxygen atoms in total. The number of benzene rings is 1. The van der Waals surface area contributed by atoms with Crippen LogP contribution in [0.5, 0.6) is 0 Å². The molecule has 0 radical (unpaired) electrons. The summed E-state index contributed by atoms with van der Waals surface area (Å²) >= 11 is -1.88. The summed E-state index contributed by atoms with van der Waals surface area (Å²) in [5, 5.41) is 14.7. The van der Waals surface area contributed by atoms with Gasteiger partial charge in [0.05, 0.1) is 11.9 Å². The van der Waals surface area contributed by atoms with E-state index in [-0.39, 0.29) is 0 Å². The fraction of sp³-hybridized carbons (Fsp3) is 0.294. The molecule has 1 saturated heterocycles. The maximum atomic E-state index is 11.1. The summed E-state index contributed by atoms with van der Waals surface area (Å²) in [5.74, 6) is 0. The molecule has 2 aromatic rings. The first-order chi connectivity index (χ1) is 12.6. The van der Waals surface area contributed by atoms with Crippen molar-refractivity contribution >= 4 is 28.9 Å². The summed E-state index contributed by atoms with van der Waals surface area (Å²) in [6.45, 7) is 2.59. The van der Waals surface area contributed by atoms with E-state index in [1.165, 1.54) is 6.21 Å². The Balaban J connectivity index is 1.71. The second-order valence-corrected chi connectivity index (χ2v) is 6.85. The molecule has 1 unspecified atom stereocenters. The van der Waals surface area contributed by atoms with E-state index in [0.717, 1.165) is 29.9 Å². The molecule has 26 heavy (non-hydrogen) atoms. The van der Waals surface area contributed by atoms with Gasteiger partial charge >= 0.3 is 0 Å². The maximum Gasteiger partial charge on any atom is 0.234 e. The van der Waals surface area contributed by atoms with Crippen molar-refractivity contribution in [2.75, 3.05) is 38.1 Å². The Morgan fingerprint density at radius 1 is 1.23 bits per heavy atom. The van der Waals surface area contributed by atoms with E-state index in [0.29, 0.717) is 18.8 Å². The van der Waals surface area contributed by atoms with Gasteiger partial charge in [0.2, 0.25) is 11.3 Å². The van der Waals surface area contributed by atoms with Crippen molar-refractivity contribution in [3.63, 3.8) is 0 Å². The van der Waals surface area contributed by atoms with Crippen molar-refractivity contribution in [3.05, 3.63) is 42.9 Å². The summed E-state index contributed by atoms with van der Waals surface area (Å²) in [5.41, 5.74) is 3.76. The van der Waals surface area contributed by atoms with Crippen molar-refractivity contribution in [2.45, 2.75) is 0 Å². The minimum atomic E-state index is -1.88. The molecular weight excluding hydrogens is 352 g/mol. The highest BCUT2D eigenvalue weighted by Gasteiger charge is 2.20. The highest BCUT2D eigenvalue weighted by Crippen LogP contribution is 2.24. The standard InChI is InChI=1S/C17H22N6O2S/c1-19-12-17(10-18)23-13-15(11-20-23)14-2-4-16(5-3-14)21-6-8-22(9-7-21)26(24)25/h2-5,10-13,18-19H,6-9H2,1H3,(H,24,25)/b17-12+,18-10?. The fourth-order valence-corrected chi connectivity index (χ4v) is 3.38. The van der Waals surface area contributed by atoms with Crippen molar-refractivity contribution < 1.29 is 8.76 Å². The van der Waals surface area contributed by atoms with Crippen molar-refractivity contribution in [3.8, 4) is 11.1 Å². The molecule has 0 spiro atoms. The van der Waals surface area contributed by atoms with Gasteiger partial charge in [0.15, 0.2) is 0 Å².